The molecule has 4 heteroatoms. The van der Waals surface area contributed by atoms with Crippen LogP contribution < -0.4 is 4.90 Å². The van der Waals surface area contributed by atoms with Crippen molar-refractivity contribution in [1.82, 2.24) is 0 Å². The van der Waals surface area contributed by atoms with Crippen LogP contribution in [0.25, 0.3) is 0 Å². The molecule has 0 N–H and O–H groups in total. The Balaban J connectivity index is 2.39. The van der Waals surface area contributed by atoms with Crippen LogP contribution in [0.3, 0.4) is 0 Å². The molecule has 0 radical (unpaired) electrons. The van der Waals surface area contributed by atoms with Gasteiger partial charge in [0.15, 0.2) is 0 Å². The number of anilines is 1. The molecule has 0 unspecified atom stereocenters. The second-order valence-electron chi connectivity index (χ2n) is 4.52. The zero-order chi connectivity index (χ0) is 13.3. The lowest BCUT2D eigenvalue weighted by Gasteiger charge is -2.16. The Morgan fingerprint density at radius 3 is 2.67 bits per heavy atom. The van der Waals surface area contributed by atoms with Crippen molar-refractivity contribution in [1.29, 1.82) is 5.26 Å². The second-order valence-corrected chi connectivity index (χ2v) is 4.52. The molecular weight excluding hydrogens is 228 g/mol. The van der Waals surface area contributed by atoms with Crippen LogP contribution in [0, 0.1) is 25.2 Å². The van der Waals surface area contributed by atoms with Crippen molar-refractivity contribution in [3.63, 3.8) is 0 Å². The number of nitriles is 1. The first-order chi connectivity index (χ1) is 8.56. The zero-order valence-electron chi connectivity index (χ0n) is 10.5. The van der Waals surface area contributed by atoms with E-state index in [1.165, 1.54) is 4.90 Å². The number of fused-ring (bicyclic) bond motifs is 1. The van der Waals surface area contributed by atoms with E-state index < -0.39 is 11.7 Å². The van der Waals surface area contributed by atoms with Crippen LogP contribution in [0.1, 0.15) is 34.3 Å². The molecule has 0 fully saturated rings. The fourth-order valence-electron chi connectivity index (χ4n) is 2.33. The van der Waals surface area contributed by atoms with Crippen LogP contribution in [0.2, 0.25) is 0 Å². The van der Waals surface area contributed by atoms with E-state index in [1.54, 1.807) is 0 Å². The number of amides is 1. The second kappa shape index (κ2) is 4.61. The van der Waals surface area contributed by atoms with Crippen molar-refractivity contribution in [3.8, 4) is 6.07 Å². The highest BCUT2D eigenvalue weighted by molar-refractivity contribution is 6.52. The van der Waals surface area contributed by atoms with Gasteiger partial charge in [-0.3, -0.25) is 9.59 Å². The van der Waals surface area contributed by atoms with E-state index in [2.05, 4.69) is 0 Å². The smallest absolute Gasteiger partial charge is 0.299 e. The minimum atomic E-state index is -0.475. The number of carbonyl (C=O) groups excluding carboxylic acids is 2. The minimum Gasteiger partial charge on any atom is -0.305 e. The van der Waals surface area contributed by atoms with Gasteiger partial charge in [-0.05, 0) is 37.5 Å². The molecule has 1 aliphatic heterocycles. The number of hydrogen-bond donors (Lipinski definition) is 0. The normalized spacial score (nSPS) is 13.7. The van der Waals surface area contributed by atoms with E-state index >= 15 is 0 Å². The van der Waals surface area contributed by atoms with Crippen molar-refractivity contribution >= 4 is 17.4 Å². The maximum absolute atomic E-state index is 11.9. The summed E-state index contributed by atoms with van der Waals surface area (Å²) < 4.78 is 0. The number of hydrogen-bond acceptors (Lipinski definition) is 3. The SMILES string of the molecule is Cc1cc(C)c2c(c1)N(CCCC#N)C(=O)C2=O. The molecule has 1 amide bonds. The van der Waals surface area contributed by atoms with Gasteiger partial charge in [-0.15, -0.1) is 0 Å². The van der Waals surface area contributed by atoms with E-state index in [0.29, 0.717) is 30.6 Å². The Morgan fingerprint density at radius 1 is 1.28 bits per heavy atom. The van der Waals surface area contributed by atoms with Crippen molar-refractivity contribution in [3.05, 3.63) is 28.8 Å². The highest BCUT2D eigenvalue weighted by atomic mass is 16.2. The highest BCUT2D eigenvalue weighted by Crippen LogP contribution is 2.32. The van der Waals surface area contributed by atoms with E-state index in [4.69, 9.17) is 5.26 Å². The third-order valence-electron chi connectivity index (χ3n) is 3.09. The summed E-state index contributed by atoms with van der Waals surface area (Å²) in [5, 5.41) is 8.52. The minimum absolute atomic E-state index is 0.387. The molecule has 0 saturated carbocycles. The number of benzene rings is 1. The molecule has 1 aliphatic rings. The van der Waals surface area contributed by atoms with Gasteiger partial charge in [0.2, 0.25) is 0 Å². The summed E-state index contributed by atoms with van der Waals surface area (Å²) in [6.07, 6.45) is 0.972. The Kier molecular flexibility index (Phi) is 3.15. The van der Waals surface area contributed by atoms with E-state index in [0.717, 1.165) is 11.1 Å². The molecule has 4 nitrogen and oxygen atoms in total. The predicted octanol–water partition coefficient (Wildman–Crippen LogP) is 2.14. The Labute approximate surface area is 106 Å². The van der Waals surface area contributed by atoms with Gasteiger partial charge in [0.25, 0.3) is 11.7 Å². The van der Waals surface area contributed by atoms with Gasteiger partial charge < -0.3 is 4.90 Å². The summed E-state index contributed by atoms with van der Waals surface area (Å²) in [6.45, 7) is 4.21. The molecular formula is C14H14N2O2. The number of ketones is 1. The number of nitrogens with zero attached hydrogens (tertiary/aromatic N) is 2. The largest absolute Gasteiger partial charge is 0.305 e. The number of aryl methyl sites for hydroxylation is 2. The first kappa shape index (κ1) is 12.3. The quantitative estimate of drug-likeness (QED) is 0.602. The molecule has 0 spiro atoms. The average molecular weight is 242 g/mol. The number of rotatable bonds is 3. The fourth-order valence-corrected chi connectivity index (χ4v) is 2.33. The first-order valence-electron chi connectivity index (χ1n) is 5.90. The summed E-state index contributed by atoms with van der Waals surface area (Å²) in [5.41, 5.74) is 3.08. The fraction of sp³-hybridized carbons (Fsp3) is 0.357. The summed E-state index contributed by atoms with van der Waals surface area (Å²) in [5.74, 6) is -0.906. The van der Waals surface area contributed by atoms with E-state index in [-0.39, 0.29) is 0 Å². The van der Waals surface area contributed by atoms with Gasteiger partial charge in [-0.25, -0.2) is 0 Å². The summed E-state index contributed by atoms with van der Waals surface area (Å²) in [6, 6.07) is 5.81. The average Bonchev–Trinajstić information content (AvgIpc) is 2.54. The number of Topliss-reactive ketones (excluding diaryl/α,β-unsaturated/α-hetero) is 1. The number of carbonyl (C=O) groups is 2. The maximum atomic E-state index is 11.9. The molecule has 92 valence electrons. The molecule has 0 bridgehead atoms. The zero-order valence-corrected chi connectivity index (χ0v) is 10.5. The van der Waals surface area contributed by atoms with Gasteiger partial charge in [-0.1, -0.05) is 6.07 Å². The molecule has 2 rings (SSSR count). The van der Waals surface area contributed by atoms with Gasteiger partial charge in [0.05, 0.1) is 17.3 Å². The molecule has 1 heterocycles. The molecule has 0 aliphatic carbocycles. The number of unbranched alkanes of at least 4 members (excludes halogenated alkanes) is 1. The van der Waals surface area contributed by atoms with Crippen molar-refractivity contribution in [2.45, 2.75) is 26.7 Å². The molecule has 0 saturated heterocycles. The van der Waals surface area contributed by atoms with Crippen molar-refractivity contribution in [2.24, 2.45) is 0 Å². The Morgan fingerprint density at radius 2 is 2.00 bits per heavy atom. The van der Waals surface area contributed by atoms with Crippen LogP contribution in [0.5, 0.6) is 0 Å². The van der Waals surface area contributed by atoms with Crippen molar-refractivity contribution in [2.75, 3.05) is 11.4 Å². The first-order valence-corrected chi connectivity index (χ1v) is 5.90. The Bertz CT molecular complexity index is 570. The van der Waals surface area contributed by atoms with Gasteiger partial charge in [-0.2, -0.15) is 5.26 Å². The molecule has 18 heavy (non-hydrogen) atoms. The van der Waals surface area contributed by atoms with Crippen LogP contribution in [0.15, 0.2) is 12.1 Å². The van der Waals surface area contributed by atoms with E-state index in [1.807, 2.05) is 32.0 Å². The third kappa shape index (κ3) is 1.88. The third-order valence-corrected chi connectivity index (χ3v) is 3.09. The van der Waals surface area contributed by atoms with Gasteiger partial charge >= 0.3 is 0 Å². The highest BCUT2D eigenvalue weighted by Gasteiger charge is 2.36. The summed E-state index contributed by atoms with van der Waals surface area (Å²) in [7, 11) is 0. The lowest BCUT2D eigenvalue weighted by Crippen LogP contribution is -2.30. The van der Waals surface area contributed by atoms with Crippen molar-refractivity contribution < 1.29 is 9.59 Å². The topological polar surface area (TPSA) is 61.2 Å². The lowest BCUT2D eigenvalue weighted by atomic mass is 10.0. The van der Waals surface area contributed by atoms with Crippen LogP contribution in [-0.2, 0) is 4.79 Å². The van der Waals surface area contributed by atoms with Crippen LogP contribution in [0.4, 0.5) is 5.69 Å². The molecule has 1 aromatic carbocycles. The van der Waals surface area contributed by atoms with Crippen LogP contribution >= 0.6 is 0 Å². The molecule has 0 aromatic heterocycles. The summed E-state index contributed by atoms with van der Waals surface area (Å²) in [4.78, 5) is 25.3. The van der Waals surface area contributed by atoms with Crippen LogP contribution in [-0.4, -0.2) is 18.2 Å². The lowest BCUT2D eigenvalue weighted by molar-refractivity contribution is -0.114. The van der Waals surface area contributed by atoms with Gasteiger partial charge in [0, 0.05) is 13.0 Å². The monoisotopic (exact) mass is 242 g/mol. The van der Waals surface area contributed by atoms with Gasteiger partial charge in [0.1, 0.15) is 0 Å². The molecule has 0 atom stereocenters. The predicted molar refractivity (Wildman–Crippen MR) is 67.4 cm³/mol. The maximum Gasteiger partial charge on any atom is 0.299 e. The molecule has 1 aromatic rings. The Hall–Kier alpha value is -2.15. The standard InChI is InChI=1S/C14H14N2O2/c1-9-7-10(2)12-11(8-9)16(6-4-3-5-15)14(18)13(12)17/h7-8H,3-4,6H2,1-2H3. The van der Waals surface area contributed by atoms with E-state index in [9.17, 15) is 9.59 Å². The summed E-state index contributed by atoms with van der Waals surface area (Å²) >= 11 is 0.